The molecule has 2 rings (SSSR count). The Labute approximate surface area is 76.7 Å². The van der Waals surface area contributed by atoms with Crippen molar-refractivity contribution in [2.24, 2.45) is 11.8 Å². The van der Waals surface area contributed by atoms with Gasteiger partial charge in [0.1, 0.15) is 0 Å². The van der Waals surface area contributed by atoms with Gasteiger partial charge in [0.05, 0.1) is 0 Å². The summed E-state index contributed by atoms with van der Waals surface area (Å²) in [5, 5.41) is 0. The van der Waals surface area contributed by atoms with Gasteiger partial charge in [-0.05, 0) is 11.8 Å². The second kappa shape index (κ2) is 4.30. The molecule has 0 nitrogen and oxygen atoms in total. The van der Waals surface area contributed by atoms with E-state index in [1.165, 1.54) is 25.7 Å². The summed E-state index contributed by atoms with van der Waals surface area (Å²) in [7, 11) is 0. The van der Waals surface area contributed by atoms with Crippen LogP contribution in [0.2, 0.25) is 0 Å². The lowest BCUT2D eigenvalue weighted by atomic mass is 9.79. The molecule has 2 saturated carbocycles. The normalized spacial score (nSPS) is 25.0. The van der Waals surface area contributed by atoms with Crippen molar-refractivity contribution in [1.29, 1.82) is 0 Å². The fraction of sp³-hybridized carbons (Fsp3) is 1.00. The van der Waals surface area contributed by atoms with E-state index in [2.05, 4.69) is 0 Å². The first-order chi connectivity index (χ1) is 5.95. The molecule has 0 aromatic rings. The van der Waals surface area contributed by atoms with Crippen molar-refractivity contribution in [2.45, 2.75) is 64.2 Å². The maximum absolute atomic E-state index is 1.55. The SMILES string of the molecule is C(CCC1CCC1)CC1CCC1. The average Bonchev–Trinajstić information content (AvgIpc) is 1.88. The Morgan fingerprint density at radius 1 is 0.667 bits per heavy atom. The van der Waals surface area contributed by atoms with Crippen LogP contribution < -0.4 is 0 Å². The Hall–Kier alpha value is 0. The van der Waals surface area contributed by atoms with Crippen molar-refractivity contribution in [2.75, 3.05) is 0 Å². The van der Waals surface area contributed by atoms with Crippen LogP contribution in [0.4, 0.5) is 0 Å². The highest BCUT2D eigenvalue weighted by molar-refractivity contribution is 4.71. The minimum Gasteiger partial charge on any atom is -0.0530 e. The van der Waals surface area contributed by atoms with Crippen molar-refractivity contribution in [1.82, 2.24) is 0 Å². The minimum absolute atomic E-state index is 1.14. The molecule has 0 saturated heterocycles. The Kier molecular flexibility index (Phi) is 3.08. The third kappa shape index (κ3) is 2.24. The fourth-order valence-corrected chi connectivity index (χ4v) is 2.43. The molecule has 0 amide bonds. The molecule has 0 spiro atoms. The van der Waals surface area contributed by atoms with Crippen LogP contribution in [0.1, 0.15) is 64.2 Å². The smallest absolute Gasteiger partial charge is 0.0414 e. The van der Waals surface area contributed by atoms with E-state index >= 15 is 0 Å². The third-order valence-corrected chi connectivity index (χ3v) is 3.92. The zero-order valence-electron chi connectivity index (χ0n) is 8.23. The molecule has 2 aliphatic rings. The Morgan fingerprint density at radius 3 is 1.33 bits per heavy atom. The second-order valence-corrected chi connectivity index (χ2v) is 4.88. The molecule has 0 N–H and O–H groups in total. The topological polar surface area (TPSA) is 0 Å². The summed E-state index contributed by atoms with van der Waals surface area (Å²) >= 11 is 0. The van der Waals surface area contributed by atoms with Crippen LogP contribution in [0.25, 0.3) is 0 Å². The highest BCUT2D eigenvalue weighted by atomic mass is 14.2. The van der Waals surface area contributed by atoms with Crippen molar-refractivity contribution in [3.63, 3.8) is 0 Å². The van der Waals surface area contributed by atoms with Gasteiger partial charge in [0.15, 0.2) is 0 Å². The van der Waals surface area contributed by atoms with Crippen LogP contribution in [-0.4, -0.2) is 0 Å². The zero-order chi connectivity index (χ0) is 8.23. The number of hydrogen-bond donors (Lipinski definition) is 0. The highest BCUT2D eigenvalue weighted by Crippen LogP contribution is 2.34. The molecule has 0 bridgehead atoms. The van der Waals surface area contributed by atoms with Crippen LogP contribution in [-0.2, 0) is 0 Å². The van der Waals surface area contributed by atoms with Crippen LogP contribution >= 0.6 is 0 Å². The van der Waals surface area contributed by atoms with E-state index in [1.807, 2.05) is 0 Å². The molecule has 2 aliphatic carbocycles. The molecule has 0 heteroatoms. The van der Waals surface area contributed by atoms with Gasteiger partial charge in [-0.2, -0.15) is 0 Å². The first kappa shape index (κ1) is 8.59. The number of rotatable bonds is 5. The Morgan fingerprint density at radius 2 is 1.08 bits per heavy atom. The molecule has 0 radical (unpaired) electrons. The van der Waals surface area contributed by atoms with Crippen molar-refractivity contribution in [3.05, 3.63) is 0 Å². The maximum atomic E-state index is 1.55. The van der Waals surface area contributed by atoms with Gasteiger partial charge in [-0.15, -0.1) is 0 Å². The molecule has 0 aromatic carbocycles. The molecular formula is C12H22. The van der Waals surface area contributed by atoms with Crippen LogP contribution in [0.3, 0.4) is 0 Å². The molecule has 0 unspecified atom stereocenters. The average molecular weight is 166 g/mol. The zero-order valence-corrected chi connectivity index (χ0v) is 8.23. The van der Waals surface area contributed by atoms with Crippen LogP contribution in [0.15, 0.2) is 0 Å². The summed E-state index contributed by atoms with van der Waals surface area (Å²) in [4.78, 5) is 0. The first-order valence-electron chi connectivity index (χ1n) is 5.95. The van der Waals surface area contributed by atoms with Gasteiger partial charge in [0.2, 0.25) is 0 Å². The molecule has 0 aliphatic heterocycles. The molecule has 0 aromatic heterocycles. The van der Waals surface area contributed by atoms with Gasteiger partial charge in [-0.25, -0.2) is 0 Å². The van der Waals surface area contributed by atoms with Crippen LogP contribution in [0.5, 0.6) is 0 Å². The molecule has 12 heavy (non-hydrogen) atoms. The molecule has 2 fully saturated rings. The summed E-state index contributed by atoms with van der Waals surface area (Å²) in [5.74, 6) is 2.29. The summed E-state index contributed by atoms with van der Waals surface area (Å²) in [6, 6.07) is 0. The Balaban J connectivity index is 1.40. The largest absolute Gasteiger partial charge is 0.0530 e. The lowest BCUT2D eigenvalue weighted by Gasteiger charge is -2.27. The van der Waals surface area contributed by atoms with Gasteiger partial charge in [0.25, 0.3) is 0 Å². The van der Waals surface area contributed by atoms with E-state index in [4.69, 9.17) is 0 Å². The van der Waals surface area contributed by atoms with E-state index in [9.17, 15) is 0 Å². The van der Waals surface area contributed by atoms with E-state index in [0.29, 0.717) is 0 Å². The summed E-state index contributed by atoms with van der Waals surface area (Å²) < 4.78 is 0. The molecule has 0 atom stereocenters. The second-order valence-electron chi connectivity index (χ2n) is 4.88. The molecule has 0 heterocycles. The van der Waals surface area contributed by atoms with E-state index in [1.54, 1.807) is 38.5 Å². The van der Waals surface area contributed by atoms with Gasteiger partial charge in [-0.3, -0.25) is 0 Å². The van der Waals surface area contributed by atoms with E-state index in [0.717, 1.165) is 11.8 Å². The van der Waals surface area contributed by atoms with Crippen molar-refractivity contribution in [3.8, 4) is 0 Å². The lowest BCUT2D eigenvalue weighted by Crippen LogP contribution is -2.12. The first-order valence-corrected chi connectivity index (χ1v) is 5.95. The van der Waals surface area contributed by atoms with Crippen molar-refractivity contribution >= 4 is 0 Å². The Bertz CT molecular complexity index is 104. The quantitative estimate of drug-likeness (QED) is 0.538. The summed E-state index contributed by atoms with van der Waals surface area (Å²) in [5.41, 5.74) is 0. The van der Waals surface area contributed by atoms with Gasteiger partial charge in [-0.1, -0.05) is 64.2 Å². The van der Waals surface area contributed by atoms with Crippen LogP contribution in [0, 0.1) is 11.8 Å². The monoisotopic (exact) mass is 166 g/mol. The van der Waals surface area contributed by atoms with Gasteiger partial charge >= 0.3 is 0 Å². The van der Waals surface area contributed by atoms with Gasteiger partial charge in [0, 0.05) is 0 Å². The minimum atomic E-state index is 1.14. The molecular weight excluding hydrogens is 144 g/mol. The fourth-order valence-electron chi connectivity index (χ4n) is 2.43. The van der Waals surface area contributed by atoms with E-state index in [-0.39, 0.29) is 0 Å². The highest BCUT2D eigenvalue weighted by Gasteiger charge is 2.18. The predicted octanol–water partition coefficient (Wildman–Crippen LogP) is 4.15. The maximum Gasteiger partial charge on any atom is -0.0414 e. The number of unbranched alkanes of at least 4 members (excludes halogenated alkanes) is 1. The summed E-state index contributed by atoms with van der Waals surface area (Å²) in [6.45, 7) is 0. The third-order valence-electron chi connectivity index (χ3n) is 3.92. The predicted molar refractivity (Wildman–Crippen MR) is 53.2 cm³/mol. The summed E-state index contributed by atoms with van der Waals surface area (Å²) in [6.07, 6.45) is 15.4. The molecule has 70 valence electrons. The number of hydrogen-bond acceptors (Lipinski definition) is 0. The standard InChI is InChI=1S/C12H22/c1(5-11-7-3-8-11)2-6-12-9-4-10-12/h11-12H,1-10H2. The van der Waals surface area contributed by atoms with Crippen molar-refractivity contribution < 1.29 is 0 Å². The van der Waals surface area contributed by atoms with E-state index < -0.39 is 0 Å². The lowest BCUT2D eigenvalue weighted by molar-refractivity contribution is 0.261. The van der Waals surface area contributed by atoms with Gasteiger partial charge < -0.3 is 0 Å².